The van der Waals surface area contributed by atoms with Gasteiger partial charge in [0.1, 0.15) is 0 Å². The third kappa shape index (κ3) is 4.96. The van der Waals surface area contributed by atoms with E-state index >= 15 is 0 Å². The first-order chi connectivity index (χ1) is 8.52. The fraction of sp³-hybridized carbons (Fsp3) is 0.250. The first kappa shape index (κ1) is 14.8. The van der Waals surface area contributed by atoms with Crippen molar-refractivity contribution >= 4 is 29.2 Å². The highest BCUT2D eigenvalue weighted by molar-refractivity contribution is 6.42. The summed E-state index contributed by atoms with van der Waals surface area (Å²) in [6.07, 6.45) is 1.29. The van der Waals surface area contributed by atoms with E-state index in [1.807, 2.05) is 0 Å². The SMILES string of the molecule is COC(=O)C=C(C)NOCc1ccc(Cl)c(Cl)c1. The van der Waals surface area contributed by atoms with E-state index in [0.717, 1.165) is 5.56 Å². The summed E-state index contributed by atoms with van der Waals surface area (Å²) in [5.41, 5.74) is 4.02. The van der Waals surface area contributed by atoms with E-state index in [-0.39, 0.29) is 0 Å². The quantitative estimate of drug-likeness (QED) is 0.514. The summed E-state index contributed by atoms with van der Waals surface area (Å²) in [7, 11) is 1.31. The van der Waals surface area contributed by atoms with E-state index in [0.29, 0.717) is 22.3 Å². The summed E-state index contributed by atoms with van der Waals surface area (Å²) in [5, 5.41) is 0.967. The number of nitrogens with one attached hydrogen (secondary N) is 1. The lowest BCUT2D eigenvalue weighted by Gasteiger charge is -2.07. The van der Waals surface area contributed by atoms with Gasteiger partial charge in [0, 0.05) is 11.8 Å². The maximum Gasteiger partial charge on any atom is 0.332 e. The minimum atomic E-state index is -0.446. The van der Waals surface area contributed by atoms with Gasteiger partial charge in [-0.1, -0.05) is 29.3 Å². The lowest BCUT2D eigenvalue weighted by atomic mass is 10.2. The summed E-state index contributed by atoms with van der Waals surface area (Å²) in [6.45, 7) is 1.98. The maximum atomic E-state index is 10.9. The van der Waals surface area contributed by atoms with Gasteiger partial charge in [-0.15, -0.1) is 0 Å². The van der Waals surface area contributed by atoms with Crippen LogP contribution in [0.15, 0.2) is 30.0 Å². The Balaban J connectivity index is 2.44. The molecule has 0 unspecified atom stereocenters. The number of hydrogen-bond donors (Lipinski definition) is 1. The van der Waals surface area contributed by atoms with Crippen LogP contribution in [0.4, 0.5) is 0 Å². The third-order valence-electron chi connectivity index (χ3n) is 1.99. The Bertz CT molecular complexity index is 461. The van der Waals surface area contributed by atoms with Gasteiger partial charge in [-0.2, -0.15) is 0 Å². The topological polar surface area (TPSA) is 47.6 Å². The summed E-state index contributed by atoms with van der Waals surface area (Å²) in [4.78, 5) is 16.1. The molecular weight excluding hydrogens is 277 g/mol. The van der Waals surface area contributed by atoms with Gasteiger partial charge in [-0.3, -0.25) is 10.3 Å². The molecule has 0 radical (unpaired) electrons. The van der Waals surface area contributed by atoms with Gasteiger partial charge < -0.3 is 4.74 Å². The standard InChI is InChI=1S/C12H13Cl2NO3/c1-8(5-12(16)17-2)15-18-7-9-3-4-10(13)11(14)6-9/h3-6,15H,7H2,1-2H3. The monoisotopic (exact) mass is 289 g/mol. The molecule has 0 saturated carbocycles. The normalized spacial score (nSPS) is 11.2. The maximum absolute atomic E-state index is 10.9. The van der Waals surface area contributed by atoms with Crippen molar-refractivity contribution in [3.8, 4) is 0 Å². The second-order valence-corrected chi connectivity index (χ2v) is 4.30. The van der Waals surface area contributed by atoms with Crippen molar-refractivity contribution in [3.63, 3.8) is 0 Å². The van der Waals surface area contributed by atoms with Crippen LogP contribution in [-0.4, -0.2) is 13.1 Å². The van der Waals surface area contributed by atoms with Gasteiger partial charge in [-0.25, -0.2) is 4.79 Å². The number of carbonyl (C=O) groups is 1. The minimum absolute atomic E-state index is 0.295. The highest BCUT2D eigenvalue weighted by Crippen LogP contribution is 2.22. The molecular formula is C12H13Cl2NO3. The van der Waals surface area contributed by atoms with Gasteiger partial charge in [0.05, 0.1) is 23.8 Å². The van der Waals surface area contributed by atoms with Crippen molar-refractivity contribution in [3.05, 3.63) is 45.6 Å². The summed E-state index contributed by atoms with van der Waals surface area (Å²) >= 11 is 11.7. The molecule has 4 nitrogen and oxygen atoms in total. The molecule has 0 saturated heterocycles. The number of esters is 1. The molecule has 0 aromatic heterocycles. The first-order valence-corrected chi connectivity index (χ1v) is 5.86. The number of rotatable bonds is 5. The lowest BCUT2D eigenvalue weighted by molar-refractivity contribution is -0.135. The molecule has 6 heteroatoms. The molecule has 18 heavy (non-hydrogen) atoms. The summed E-state index contributed by atoms with van der Waals surface area (Å²) in [5.74, 6) is -0.446. The smallest absolute Gasteiger partial charge is 0.332 e. The zero-order chi connectivity index (χ0) is 13.5. The molecule has 0 spiro atoms. The van der Waals surface area contributed by atoms with Crippen molar-refractivity contribution in [1.29, 1.82) is 0 Å². The van der Waals surface area contributed by atoms with Gasteiger partial charge in [0.25, 0.3) is 0 Å². The Morgan fingerprint density at radius 2 is 2.11 bits per heavy atom. The average Bonchev–Trinajstić information content (AvgIpc) is 2.33. The molecule has 1 aromatic carbocycles. The minimum Gasteiger partial charge on any atom is -0.466 e. The van der Waals surface area contributed by atoms with Crippen molar-refractivity contribution in [2.45, 2.75) is 13.5 Å². The number of carbonyl (C=O) groups excluding carboxylic acids is 1. The molecule has 0 amide bonds. The van der Waals surface area contributed by atoms with Gasteiger partial charge in [-0.05, 0) is 24.6 Å². The van der Waals surface area contributed by atoms with Crippen LogP contribution < -0.4 is 5.48 Å². The number of hydrogen-bond acceptors (Lipinski definition) is 4. The third-order valence-corrected chi connectivity index (χ3v) is 2.73. The molecule has 0 aliphatic rings. The molecule has 1 aromatic rings. The first-order valence-electron chi connectivity index (χ1n) is 5.11. The fourth-order valence-electron chi connectivity index (χ4n) is 1.13. The summed E-state index contributed by atoms with van der Waals surface area (Å²) in [6, 6.07) is 5.21. The van der Waals surface area contributed by atoms with Crippen LogP contribution in [-0.2, 0) is 21.0 Å². The Kier molecular flexibility index (Phi) is 5.98. The second kappa shape index (κ2) is 7.26. The Morgan fingerprint density at radius 3 is 2.72 bits per heavy atom. The van der Waals surface area contributed by atoms with E-state index < -0.39 is 5.97 Å². The number of hydroxylamine groups is 1. The average molecular weight is 290 g/mol. The van der Waals surface area contributed by atoms with Crippen LogP contribution >= 0.6 is 23.2 Å². The van der Waals surface area contributed by atoms with E-state index in [9.17, 15) is 4.79 Å². The zero-order valence-electron chi connectivity index (χ0n) is 10.00. The number of halogens is 2. The molecule has 98 valence electrons. The van der Waals surface area contributed by atoms with E-state index in [1.165, 1.54) is 13.2 Å². The zero-order valence-corrected chi connectivity index (χ0v) is 11.5. The van der Waals surface area contributed by atoms with Crippen molar-refractivity contribution in [2.75, 3.05) is 7.11 Å². The predicted octanol–water partition coefficient (Wildman–Crippen LogP) is 3.09. The Hall–Kier alpha value is -1.23. The van der Waals surface area contributed by atoms with Gasteiger partial charge in [0.15, 0.2) is 0 Å². The van der Waals surface area contributed by atoms with Crippen LogP contribution in [0.5, 0.6) is 0 Å². The molecule has 0 bridgehead atoms. The van der Waals surface area contributed by atoms with Crippen molar-refractivity contribution < 1.29 is 14.4 Å². The van der Waals surface area contributed by atoms with E-state index in [1.54, 1.807) is 25.1 Å². The van der Waals surface area contributed by atoms with Crippen LogP contribution in [0.25, 0.3) is 0 Å². The van der Waals surface area contributed by atoms with Crippen LogP contribution in [0.1, 0.15) is 12.5 Å². The molecule has 1 N–H and O–H groups in total. The van der Waals surface area contributed by atoms with Gasteiger partial charge >= 0.3 is 5.97 Å². The lowest BCUT2D eigenvalue weighted by Crippen LogP contribution is -2.13. The molecule has 0 atom stereocenters. The van der Waals surface area contributed by atoms with Crippen LogP contribution in [0.3, 0.4) is 0 Å². The van der Waals surface area contributed by atoms with E-state index in [4.69, 9.17) is 28.0 Å². The largest absolute Gasteiger partial charge is 0.466 e. The summed E-state index contributed by atoms with van der Waals surface area (Å²) < 4.78 is 4.47. The number of benzene rings is 1. The number of allylic oxidation sites excluding steroid dienone is 1. The van der Waals surface area contributed by atoms with Crippen molar-refractivity contribution in [1.82, 2.24) is 5.48 Å². The van der Waals surface area contributed by atoms with Crippen LogP contribution in [0, 0.1) is 0 Å². The fourth-order valence-corrected chi connectivity index (χ4v) is 1.45. The number of methoxy groups -OCH3 is 1. The number of ether oxygens (including phenoxy) is 1. The second-order valence-electron chi connectivity index (χ2n) is 3.49. The predicted molar refractivity (Wildman–Crippen MR) is 70.2 cm³/mol. The molecule has 1 rings (SSSR count). The molecule has 0 aliphatic heterocycles. The Labute approximate surface area is 115 Å². The van der Waals surface area contributed by atoms with Crippen molar-refractivity contribution in [2.24, 2.45) is 0 Å². The van der Waals surface area contributed by atoms with Crippen LogP contribution in [0.2, 0.25) is 10.0 Å². The van der Waals surface area contributed by atoms with E-state index in [2.05, 4.69) is 10.2 Å². The molecule has 0 fully saturated rings. The molecule has 0 aliphatic carbocycles. The highest BCUT2D eigenvalue weighted by Gasteiger charge is 2.00. The molecule has 0 heterocycles. The van der Waals surface area contributed by atoms with Gasteiger partial charge in [0.2, 0.25) is 0 Å². The highest BCUT2D eigenvalue weighted by atomic mass is 35.5. The Morgan fingerprint density at radius 1 is 1.39 bits per heavy atom.